The van der Waals surface area contributed by atoms with Gasteiger partial charge in [0.2, 0.25) is 5.91 Å². The van der Waals surface area contributed by atoms with Crippen LogP contribution in [0.5, 0.6) is 0 Å². The van der Waals surface area contributed by atoms with Crippen molar-refractivity contribution in [2.75, 3.05) is 26.4 Å². The Bertz CT molecular complexity index is 1960. The van der Waals surface area contributed by atoms with Crippen LogP contribution in [0.3, 0.4) is 0 Å². The largest absolute Gasteiger partial charge is 0.394 e. The summed E-state index contributed by atoms with van der Waals surface area (Å²) in [4.78, 5) is 13.5. The lowest BCUT2D eigenvalue weighted by molar-refractivity contribution is -0.379. The molecule has 3 saturated heterocycles. The van der Waals surface area contributed by atoms with Gasteiger partial charge in [0.15, 0.2) is 18.9 Å². The van der Waals surface area contributed by atoms with Crippen LogP contribution < -0.4 is 5.32 Å². The van der Waals surface area contributed by atoms with Crippen molar-refractivity contribution in [2.24, 2.45) is 0 Å². The molecule has 3 heterocycles. The average molecular weight is 1520 g/mol. The summed E-state index contributed by atoms with van der Waals surface area (Å²) in [7, 11) is 0. The number of nitrogens with one attached hydrogen (secondary N) is 1. The van der Waals surface area contributed by atoms with Gasteiger partial charge < -0.3 is 89.9 Å². The smallest absolute Gasteiger partial charge is 0.220 e. The number of ether oxygens (including phenoxy) is 6. The molecule has 0 aliphatic carbocycles. The van der Waals surface area contributed by atoms with Gasteiger partial charge in [-0.3, -0.25) is 4.79 Å². The van der Waals surface area contributed by atoms with Crippen molar-refractivity contribution >= 4 is 5.91 Å². The molecule has 0 aromatic carbocycles. The van der Waals surface area contributed by atoms with E-state index in [0.717, 1.165) is 44.9 Å². The van der Waals surface area contributed by atoms with Gasteiger partial charge in [0.1, 0.15) is 73.2 Å². The molecule has 0 saturated carbocycles. The van der Waals surface area contributed by atoms with E-state index in [9.17, 15) is 61.0 Å². The number of hydrogen-bond acceptors (Lipinski definition) is 18. The Balaban J connectivity index is 1.33. The molecule has 0 bridgehead atoms. The van der Waals surface area contributed by atoms with E-state index in [1.807, 2.05) is 6.08 Å². The predicted molar refractivity (Wildman–Crippen MR) is 425 cm³/mol. The number of rotatable bonds is 74. The molecular weight excluding hydrogens is 1350 g/mol. The van der Waals surface area contributed by atoms with E-state index >= 15 is 0 Å². The van der Waals surface area contributed by atoms with Gasteiger partial charge in [-0.05, 0) is 19.3 Å². The summed E-state index contributed by atoms with van der Waals surface area (Å²) < 4.78 is 34.5. The third kappa shape index (κ3) is 46.6. The van der Waals surface area contributed by atoms with Crippen LogP contribution in [0.1, 0.15) is 406 Å². The summed E-state index contributed by atoms with van der Waals surface area (Å²) in [5.74, 6) is -0.265. The summed E-state index contributed by atoms with van der Waals surface area (Å²) in [5.41, 5.74) is 0. The van der Waals surface area contributed by atoms with Gasteiger partial charge in [0.25, 0.3) is 0 Å². The van der Waals surface area contributed by atoms with Crippen LogP contribution in [0.4, 0.5) is 0 Å². The highest BCUT2D eigenvalue weighted by molar-refractivity contribution is 5.76. The number of unbranched alkanes of at least 4 members (excludes halogenated alkanes) is 58. The molecule has 19 heteroatoms. The normalized spacial score (nSPS) is 25.6. The molecule has 628 valence electrons. The molecule has 3 aliphatic heterocycles. The zero-order chi connectivity index (χ0) is 76.7. The van der Waals surface area contributed by atoms with Gasteiger partial charge in [0.05, 0.1) is 38.6 Å². The minimum absolute atomic E-state index is 0.250. The van der Waals surface area contributed by atoms with Crippen LogP contribution in [0.2, 0.25) is 0 Å². The topological polar surface area (TPSA) is 307 Å². The molecule has 17 unspecified atom stereocenters. The Kier molecular flexibility index (Phi) is 63.3. The molecule has 0 aromatic rings. The van der Waals surface area contributed by atoms with E-state index in [4.69, 9.17) is 28.4 Å². The minimum Gasteiger partial charge on any atom is -0.394 e. The molecule has 106 heavy (non-hydrogen) atoms. The summed E-state index contributed by atoms with van der Waals surface area (Å²) in [6, 6.07) is -0.971. The van der Waals surface area contributed by atoms with Gasteiger partial charge in [0, 0.05) is 6.42 Å². The number of carbonyl (C=O) groups is 1. The molecular formula is C87H167NO18. The van der Waals surface area contributed by atoms with E-state index < -0.39 is 124 Å². The van der Waals surface area contributed by atoms with Gasteiger partial charge >= 0.3 is 0 Å². The molecule has 3 fully saturated rings. The number of hydrogen-bond donors (Lipinski definition) is 12. The lowest BCUT2D eigenvalue weighted by Gasteiger charge is -2.48. The standard InChI is InChI=1S/C87H167NO18/c1-3-5-7-9-11-13-15-17-19-21-23-25-27-29-31-33-34-35-36-37-38-40-42-44-46-48-50-52-54-56-58-60-62-64-71(92)70(88-75(93)65-63-61-59-57-55-53-51-49-47-45-43-41-39-32-30-28-26-24-22-20-18-16-14-12-10-8-6-4-2)69-101-85-81(99)78(96)83(73(67-90)103-85)106-87-82(100)79(97)84(74(68-91)104-87)105-86-80(98)77(95)76(94)72(66-89)102-86/h62,64,70-74,76-87,89-92,94-100H,3-61,63,65-69H2,1-2H3,(H,88,93)/b64-62+. The van der Waals surface area contributed by atoms with E-state index in [2.05, 4.69) is 19.2 Å². The van der Waals surface area contributed by atoms with Crippen LogP contribution in [-0.2, 0) is 33.2 Å². The molecule has 3 rings (SSSR count). The molecule has 17 atom stereocenters. The first kappa shape index (κ1) is 98.7. The molecule has 1 amide bonds. The third-order valence-electron chi connectivity index (χ3n) is 22.8. The predicted octanol–water partition coefficient (Wildman–Crippen LogP) is 16.7. The first-order valence-electron chi connectivity index (χ1n) is 44.9. The molecule has 3 aliphatic rings. The van der Waals surface area contributed by atoms with Crippen molar-refractivity contribution in [3.8, 4) is 0 Å². The molecule has 0 radical (unpaired) electrons. The summed E-state index contributed by atoms with van der Waals surface area (Å²) >= 11 is 0. The number of amides is 1. The van der Waals surface area contributed by atoms with Crippen molar-refractivity contribution in [1.82, 2.24) is 5.32 Å². The van der Waals surface area contributed by atoms with Crippen LogP contribution in [0, 0.1) is 0 Å². The van der Waals surface area contributed by atoms with E-state index in [-0.39, 0.29) is 18.9 Å². The maximum Gasteiger partial charge on any atom is 0.220 e. The van der Waals surface area contributed by atoms with E-state index in [1.165, 1.54) is 334 Å². The number of aliphatic hydroxyl groups is 11. The van der Waals surface area contributed by atoms with Crippen LogP contribution >= 0.6 is 0 Å². The Morgan fingerprint density at radius 3 is 0.887 bits per heavy atom. The second kappa shape index (κ2) is 68.0. The lowest BCUT2D eigenvalue weighted by atomic mass is 9.96. The highest BCUT2D eigenvalue weighted by Crippen LogP contribution is 2.34. The minimum atomic E-state index is -1.98. The highest BCUT2D eigenvalue weighted by Gasteiger charge is 2.54. The van der Waals surface area contributed by atoms with E-state index in [1.54, 1.807) is 6.08 Å². The zero-order valence-corrected chi connectivity index (χ0v) is 67.7. The monoisotopic (exact) mass is 1510 g/mol. The maximum absolute atomic E-state index is 13.5. The Morgan fingerprint density at radius 2 is 0.585 bits per heavy atom. The highest BCUT2D eigenvalue weighted by atomic mass is 16.8. The van der Waals surface area contributed by atoms with Gasteiger partial charge in [-0.2, -0.15) is 0 Å². The Morgan fingerprint density at radius 1 is 0.330 bits per heavy atom. The Labute approximate surface area is 646 Å². The first-order valence-corrected chi connectivity index (χ1v) is 44.9. The first-order chi connectivity index (χ1) is 51.8. The molecule has 0 spiro atoms. The second-order valence-electron chi connectivity index (χ2n) is 32.4. The van der Waals surface area contributed by atoms with E-state index in [0.29, 0.717) is 6.42 Å². The Hall–Kier alpha value is -1.47. The van der Waals surface area contributed by atoms with Gasteiger partial charge in [-0.1, -0.05) is 392 Å². The van der Waals surface area contributed by atoms with Crippen molar-refractivity contribution in [1.29, 1.82) is 0 Å². The third-order valence-corrected chi connectivity index (χ3v) is 22.8. The fraction of sp³-hybridized carbons (Fsp3) is 0.966. The number of carbonyl (C=O) groups excluding carboxylic acids is 1. The van der Waals surface area contributed by atoms with Crippen molar-refractivity contribution in [2.45, 2.75) is 510 Å². The molecule has 0 aromatic heterocycles. The maximum atomic E-state index is 13.5. The van der Waals surface area contributed by atoms with Crippen LogP contribution in [0.25, 0.3) is 0 Å². The van der Waals surface area contributed by atoms with Crippen molar-refractivity contribution < 1.29 is 89.4 Å². The quantitative estimate of drug-likeness (QED) is 0.0199. The number of aliphatic hydroxyl groups excluding tert-OH is 11. The summed E-state index contributed by atoms with van der Waals surface area (Å²) in [5, 5.41) is 121. The summed E-state index contributed by atoms with van der Waals surface area (Å²) in [6.45, 7) is 1.82. The zero-order valence-electron chi connectivity index (χ0n) is 67.7. The van der Waals surface area contributed by atoms with Gasteiger partial charge in [-0.15, -0.1) is 0 Å². The van der Waals surface area contributed by atoms with Crippen LogP contribution in [0.15, 0.2) is 12.2 Å². The SMILES string of the molecule is CCCCCCCCCCCCCCCCCCCCCCCCCCCCCCCCC/C=C/C(O)C(COC1OC(CO)C(OC2OC(CO)C(OC3OC(CO)C(O)C(O)C3O)C(O)C2O)C(O)C1O)NC(=O)CCCCCCCCCCCCCCCCCCCCCCCCCCCCCC. The van der Waals surface area contributed by atoms with Crippen molar-refractivity contribution in [3.63, 3.8) is 0 Å². The average Bonchev–Trinajstić information content (AvgIpc) is 0.781. The lowest BCUT2D eigenvalue weighted by Crippen LogP contribution is -2.66. The fourth-order valence-corrected chi connectivity index (χ4v) is 15.7. The second-order valence-corrected chi connectivity index (χ2v) is 32.4. The van der Waals surface area contributed by atoms with Crippen molar-refractivity contribution in [3.05, 3.63) is 12.2 Å². The molecule has 12 N–H and O–H groups in total. The van der Waals surface area contributed by atoms with Crippen LogP contribution in [-0.4, -0.2) is 193 Å². The molecule has 19 nitrogen and oxygen atoms in total. The number of allylic oxidation sites excluding steroid dienone is 1. The van der Waals surface area contributed by atoms with Gasteiger partial charge in [-0.25, -0.2) is 0 Å². The summed E-state index contributed by atoms with van der Waals surface area (Å²) in [6.07, 6.45) is 56.5. The fourth-order valence-electron chi connectivity index (χ4n) is 15.7.